The maximum Gasteiger partial charge on any atom is 0.241 e. The van der Waals surface area contributed by atoms with Gasteiger partial charge < -0.3 is 15.6 Å². The predicted octanol–water partition coefficient (Wildman–Crippen LogP) is 2.64. The number of nitrogen functional groups attached to an aromatic ring is 1. The fourth-order valence-corrected chi connectivity index (χ4v) is 1.77. The molecule has 5 heteroatoms. The monoisotopic (exact) mass is 261 g/mol. The topological polar surface area (TPSA) is 73.3 Å². The highest BCUT2D eigenvalue weighted by molar-refractivity contribution is 5.54. The Kier molecular flexibility index (Phi) is 3.76. The van der Waals surface area contributed by atoms with E-state index in [1.165, 1.54) is 0 Å². The predicted molar refractivity (Wildman–Crippen MR) is 74.2 cm³/mol. The number of ether oxygens (including phenoxy) is 1. The lowest BCUT2D eigenvalue weighted by molar-refractivity contribution is 0.281. The van der Waals surface area contributed by atoms with Gasteiger partial charge in [0.05, 0.1) is 18.3 Å². The second-order valence-corrected chi connectivity index (χ2v) is 4.75. The molecule has 102 valence electrons. The Bertz CT molecular complexity index is 559. The van der Waals surface area contributed by atoms with E-state index in [1.807, 2.05) is 32.9 Å². The third-order valence-electron chi connectivity index (χ3n) is 2.90. The van der Waals surface area contributed by atoms with Crippen LogP contribution in [-0.4, -0.2) is 14.9 Å². The lowest BCUT2D eigenvalue weighted by Gasteiger charge is -2.12. The molecule has 19 heavy (non-hydrogen) atoms. The number of aliphatic hydroxyl groups excluding tert-OH is 1. The molecule has 0 atom stereocenters. The lowest BCUT2D eigenvalue weighted by Crippen LogP contribution is -2.05. The third kappa shape index (κ3) is 2.71. The number of anilines is 1. The van der Waals surface area contributed by atoms with E-state index in [9.17, 15) is 0 Å². The van der Waals surface area contributed by atoms with Gasteiger partial charge in [-0.1, -0.05) is 12.1 Å². The quantitative estimate of drug-likeness (QED) is 0.887. The van der Waals surface area contributed by atoms with Gasteiger partial charge in [-0.2, -0.15) is 5.10 Å². The Hall–Kier alpha value is -2.01. The van der Waals surface area contributed by atoms with Crippen LogP contribution in [0.2, 0.25) is 0 Å². The van der Waals surface area contributed by atoms with Crippen molar-refractivity contribution in [1.82, 2.24) is 9.78 Å². The van der Waals surface area contributed by atoms with E-state index >= 15 is 0 Å². The molecule has 1 heterocycles. The number of nitrogens with two attached hydrogens (primary N) is 1. The Morgan fingerprint density at radius 2 is 1.95 bits per heavy atom. The molecule has 1 aromatic heterocycles. The van der Waals surface area contributed by atoms with Gasteiger partial charge in [0.15, 0.2) is 0 Å². The standard InChI is InChI=1S/C14H19N3O2/c1-9(2)17-14(13(15)10(3)16-17)19-12-6-4-11(8-18)5-7-12/h4-7,9,18H,8,15H2,1-3H3. The molecular weight excluding hydrogens is 242 g/mol. The van der Waals surface area contributed by atoms with Crippen LogP contribution in [0.5, 0.6) is 11.6 Å². The number of hydrogen-bond donors (Lipinski definition) is 2. The number of rotatable bonds is 4. The average Bonchev–Trinajstić information content (AvgIpc) is 2.68. The normalized spacial score (nSPS) is 11.0. The van der Waals surface area contributed by atoms with E-state index in [4.69, 9.17) is 15.6 Å². The molecule has 0 saturated carbocycles. The first-order valence-electron chi connectivity index (χ1n) is 6.25. The minimum atomic E-state index is 0.0193. The van der Waals surface area contributed by atoms with Crippen molar-refractivity contribution in [3.63, 3.8) is 0 Å². The fourth-order valence-electron chi connectivity index (χ4n) is 1.77. The van der Waals surface area contributed by atoms with Crippen LogP contribution in [0.3, 0.4) is 0 Å². The molecule has 0 aliphatic carbocycles. The zero-order chi connectivity index (χ0) is 14.0. The second-order valence-electron chi connectivity index (χ2n) is 4.75. The molecule has 0 amide bonds. The van der Waals surface area contributed by atoms with Crippen molar-refractivity contribution in [3.8, 4) is 11.6 Å². The zero-order valence-corrected chi connectivity index (χ0v) is 11.4. The van der Waals surface area contributed by atoms with Gasteiger partial charge in [-0.25, -0.2) is 4.68 Å². The van der Waals surface area contributed by atoms with Crippen molar-refractivity contribution >= 4 is 5.69 Å². The molecule has 1 aromatic carbocycles. The summed E-state index contributed by atoms with van der Waals surface area (Å²) in [5, 5.41) is 13.4. The smallest absolute Gasteiger partial charge is 0.241 e. The van der Waals surface area contributed by atoms with Crippen LogP contribution in [0.25, 0.3) is 0 Å². The average molecular weight is 261 g/mol. The van der Waals surface area contributed by atoms with E-state index in [0.717, 1.165) is 11.3 Å². The molecular formula is C14H19N3O2. The maximum absolute atomic E-state index is 9.01. The van der Waals surface area contributed by atoms with Crippen LogP contribution in [-0.2, 0) is 6.61 Å². The molecule has 0 spiro atoms. The van der Waals surface area contributed by atoms with Crippen LogP contribution in [0.15, 0.2) is 24.3 Å². The highest BCUT2D eigenvalue weighted by Crippen LogP contribution is 2.32. The van der Waals surface area contributed by atoms with Gasteiger partial charge in [-0.05, 0) is 38.5 Å². The van der Waals surface area contributed by atoms with Crippen molar-refractivity contribution < 1.29 is 9.84 Å². The van der Waals surface area contributed by atoms with E-state index < -0.39 is 0 Å². The van der Waals surface area contributed by atoms with Gasteiger partial charge in [0, 0.05) is 0 Å². The lowest BCUT2D eigenvalue weighted by atomic mass is 10.2. The molecule has 5 nitrogen and oxygen atoms in total. The first kappa shape index (κ1) is 13.4. The van der Waals surface area contributed by atoms with Gasteiger partial charge in [-0.15, -0.1) is 0 Å². The molecule has 2 rings (SSSR count). The molecule has 0 radical (unpaired) electrons. The van der Waals surface area contributed by atoms with E-state index in [1.54, 1.807) is 16.8 Å². The molecule has 3 N–H and O–H groups in total. The minimum Gasteiger partial charge on any atom is -0.437 e. The van der Waals surface area contributed by atoms with Crippen molar-refractivity contribution in [2.45, 2.75) is 33.4 Å². The SMILES string of the molecule is Cc1nn(C(C)C)c(Oc2ccc(CO)cc2)c1N. The van der Waals surface area contributed by atoms with Crippen LogP contribution >= 0.6 is 0 Å². The molecule has 0 bridgehead atoms. The van der Waals surface area contributed by atoms with Gasteiger partial charge in [0.2, 0.25) is 5.88 Å². The largest absolute Gasteiger partial charge is 0.437 e. The van der Waals surface area contributed by atoms with Gasteiger partial charge in [0.1, 0.15) is 11.4 Å². The van der Waals surface area contributed by atoms with Crippen LogP contribution in [0, 0.1) is 6.92 Å². The Morgan fingerprint density at radius 1 is 1.32 bits per heavy atom. The number of benzene rings is 1. The number of hydrogen-bond acceptors (Lipinski definition) is 4. The molecule has 2 aromatic rings. The summed E-state index contributed by atoms with van der Waals surface area (Å²) in [6, 6.07) is 7.40. The summed E-state index contributed by atoms with van der Waals surface area (Å²) in [5.74, 6) is 1.23. The number of aryl methyl sites for hydroxylation is 1. The number of nitrogens with zero attached hydrogens (tertiary/aromatic N) is 2. The summed E-state index contributed by atoms with van der Waals surface area (Å²) in [6.45, 7) is 5.92. The summed E-state index contributed by atoms with van der Waals surface area (Å²) in [5.41, 5.74) is 8.15. The van der Waals surface area contributed by atoms with Gasteiger partial charge in [-0.3, -0.25) is 0 Å². The van der Waals surface area contributed by atoms with E-state index in [2.05, 4.69) is 5.10 Å². The van der Waals surface area contributed by atoms with E-state index in [0.29, 0.717) is 17.3 Å². The second kappa shape index (κ2) is 5.32. The van der Waals surface area contributed by atoms with E-state index in [-0.39, 0.29) is 12.6 Å². The van der Waals surface area contributed by atoms with Crippen LogP contribution in [0.4, 0.5) is 5.69 Å². The Morgan fingerprint density at radius 3 is 2.47 bits per heavy atom. The first-order valence-corrected chi connectivity index (χ1v) is 6.25. The molecule has 0 fully saturated rings. The van der Waals surface area contributed by atoms with Crippen LogP contribution in [0.1, 0.15) is 31.1 Å². The molecule has 0 unspecified atom stereocenters. The summed E-state index contributed by atoms with van der Waals surface area (Å²) in [4.78, 5) is 0. The highest BCUT2D eigenvalue weighted by Gasteiger charge is 2.16. The minimum absolute atomic E-state index is 0.0193. The van der Waals surface area contributed by atoms with Crippen molar-refractivity contribution in [1.29, 1.82) is 0 Å². The first-order chi connectivity index (χ1) is 9.02. The Balaban J connectivity index is 2.31. The zero-order valence-electron chi connectivity index (χ0n) is 11.4. The third-order valence-corrected chi connectivity index (χ3v) is 2.90. The maximum atomic E-state index is 9.01. The molecule has 0 aliphatic rings. The summed E-state index contributed by atoms with van der Waals surface area (Å²) in [6.07, 6.45) is 0. The number of aliphatic hydroxyl groups is 1. The number of aromatic nitrogens is 2. The molecule has 0 aliphatic heterocycles. The van der Waals surface area contributed by atoms with Crippen molar-refractivity contribution in [2.24, 2.45) is 0 Å². The van der Waals surface area contributed by atoms with Crippen molar-refractivity contribution in [2.75, 3.05) is 5.73 Å². The summed E-state index contributed by atoms with van der Waals surface area (Å²) < 4.78 is 7.58. The van der Waals surface area contributed by atoms with Gasteiger partial charge in [0.25, 0.3) is 0 Å². The van der Waals surface area contributed by atoms with Gasteiger partial charge >= 0.3 is 0 Å². The van der Waals surface area contributed by atoms with Crippen LogP contribution < -0.4 is 10.5 Å². The molecule has 0 saturated heterocycles. The van der Waals surface area contributed by atoms with Crippen molar-refractivity contribution in [3.05, 3.63) is 35.5 Å². The summed E-state index contributed by atoms with van der Waals surface area (Å²) >= 11 is 0. The Labute approximate surface area is 112 Å². The highest BCUT2D eigenvalue weighted by atomic mass is 16.5. The summed E-state index contributed by atoms with van der Waals surface area (Å²) in [7, 11) is 0. The fraction of sp³-hybridized carbons (Fsp3) is 0.357.